The highest BCUT2D eigenvalue weighted by Gasteiger charge is 2.13. The maximum absolute atomic E-state index is 11.2. The Hall–Kier alpha value is -2.01. The van der Waals surface area contributed by atoms with Gasteiger partial charge in [-0.3, -0.25) is 9.78 Å². The minimum Gasteiger partial charge on any atom is -0.354 e. The van der Waals surface area contributed by atoms with Crippen molar-refractivity contribution in [1.29, 1.82) is 0 Å². The number of fused-ring (bicyclic) bond motifs is 1. The molecular formula is C12H8N2O2S. The van der Waals surface area contributed by atoms with Crippen LogP contribution in [0.3, 0.4) is 0 Å². The van der Waals surface area contributed by atoms with Crippen LogP contribution in [-0.4, -0.2) is 15.9 Å². The fraction of sp³-hybridized carbons (Fsp3) is 0.0833. The highest BCUT2D eigenvalue weighted by atomic mass is 32.1. The van der Waals surface area contributed by atoms with Gasteiger partial charge in [0.15, 0.2) is 11.5 Å². The van der Waals surface area contributed by atoms with Gasteiger partial charge in [-0.15, -0.1) is 11.3 Å². The number of ketones is 1. The zero-order chi connectivity index (χ0) is 11.8. The molecule has 0 unspecified atom stereocenters. The number of nitrogens with zero attached hydrogens (tertiary/aromatic N) is 2. The molecule has 0 spiro atoms. The molecule has 3 aromatic heterocycles. The number of hydrogen-bond acceptors (Lipinski definition) is 5. The number of aromatic nitrogens is 2. The van der Waals surface area contributed by atoms with E-state index in [1.165, 1.54) is 6.92 Å². The number of carbonyl (C=O) groups is 1. The lowest BCUT2D eigenvalue weighted by Crippen LogP contribution is -1.89. The Bertz CT molecular complexity index is 699. The van der Waals surface area contributed by atoms with Crippen LogP contribution in [-0.2, 0) is 0 Å². The Morgan fingerprint density at radius 2 is 2.29 bits per heavy atom. The Kier molecular flexibility index (Phi) is 2.26. The quantitative estimate of drug-likeness (QED) is 0.650. The SMILES string of the molecule is CC(=O)c1cc(-c2nccc3sccc23)on1. The lowest BCUT2D eigenvalue weighted by molar-refractivity contribution is 0.100. The summed E-state index contributed by atoms with van der Waals surface area (Å²) in [7, 11) is 0. The molecule has 0 fully saturated rings. The van der Waals surface area contributed by atoms with Crippen molar-refractivity contribution in [3.63, 3.8) is 0 Å². The van der Waals surface area contributed by atoms with Crippen molar-refractivity contribution < 1.29 is 9.32 Å². The average molecular weight is 244 g/mol. The molecule has 0 aromatic carbocycles. The van der Waals surface area contributed by atoms with Crippen molar-refractivity contribution >= 4 is 27.2 Å². The summed E-state index contributed by atoms with van der Waals surface area (Å²) in [5.41, 5.74) is 1.05. The molecule has 4 nitrogen and oxygen atoms in total. The van der Waals surface area contributed by atoms with E-state index in [1.807, 2.05) is 17.5 Å². The normalized spacial score (nSPS) is 10.9. The van der Waals surface area contributed by atoms with Gasteiger partial charge < -0.3 is 4.52 Å². The van der Waals surface area contributed by atoms with Gasteiger partial charge >= 0.3 is 0 Å². The van der Waals surface area contributed by atoms with Gasteiger partial charge in [-0.25, -0.2) is 0 Å². The Labute approximate surface area is 101 Å². The van der Waals surface area contributed by atoms with Crippen LogP contribution >= 0.6 is 11.3 Å². The molecule has 0 saturated heterocycles. The van der Waals surface area contributed by atoms with Crippen molar-refractivity contribution in [1.82, 2.24) is 10.1 Å². The van der Waals surface area contributed by atoms with E-state index in [1.54, 1.807) is 23.6 Å². The Balaban J connectivity index is 2.19. The monoisotopic (exact) mass is 244 g/mol. The Morgan fingerprint density at radius 1 is 1.41 bits per heavy atom. The first-order chi connectivity index (χ1) is 8.25. The van der Waals surface area contributed by atoms with Gasteiger partial charge in [0.25, 0.3) is 0 Å². The smallest absolute Gasteiger partial charge is 0.186 e. The molecule has 84 valence electrons. The van der Waals surface area contributed by atoms with Crippen LogP contribution in [0.25, 0.3) is 21.5 Å². The molecule has 0 atom stereocenters. The van der Waals surface area contributed by atoms with E-state index >= 15 is 0 Å². The van der Waals surface area contributed by atoms with Gasteiger partial charge in [0.2, 0.25) is 0 Å². The maximum atomic E-state index is 11.2. The molecule has 17 heavy (non-hydrogen) atoms. The first kappa shape index (κ1) is 10.2. The predicted molar refractivity (Wildman–Crippen MR) is 65.1 cm³/mol. The van der Waals surface area contributed by atoms with Crippen LogP contribution in [0.5, 0.6) is 0 Å². The first-order valence-corrected chi connectivity index (χ1v) is 5.94. The third-order valence-corrected chi connectivity index (χ3v) is 3.37. The topological polar surface area (TPSA) is 56.0 Å². The van der Waals surface area contributed by atoms with Gasteiger partial charge in [-0.2, -0.15) is 0 Å². The summed E-state index contributed by atoms with van der Waals surface area (Å²) >= 11 is 1.64. The van der Waals surface area contributed by atoms with E-state index in [4.69, 9.17) is 4.52 Å². The standard InChI is InChI=1S/C12H8N2O2S/c1-7(15)9-6-10(16-14-9)12-8-3-5-17-11(8)2-4-13-12/h2-6H,1H3. The van der Waals surface area contributed by atoms with Crippen molar-refractivity contribution in [3.05, 3.63) is 35.5 Å². The van der Waals surface area contributed by atoms with Crippen LogP contribution in [0, 0.1) is 0 Å². The molecule has 0 amide bonds. The maximum Gasteiger partial charge on any atom is 0.186 e. The van der Waals surface area contributed by atoms with E-state index in [9.17, 15) is 4.79 Å². The molecule has 5 heteroatoms. The van der Waals surface area contributed by atoms with Crippen LogP contribution in [0.1, 0.15) is 17.4 Å². The molecule has 3 aromatic rings. The lowest BCUT2D eigenvalue weighted by Gasteiger charge is -1.95. The van der Waals surface area contributed by atoms with E-state index < -0.39 is 0 Å². The fourth-order valence-corrected chi connectivity index (χ4v) is 2.43. The molecule has 3 rings (SSSR count). The molecule has 0 bridgehead atoms. The molecule has 0 saturated carbocycles. The second kappa shape index (κ2) is 3.78. The number of pyridine rings is 1. The van der Waals surface area contributed by atoms with E-state index in [0.29, 0.717) is 11.5 Å². The average Bonchev–Trinajstić information content (AvgIpc) is 2.97. The Morgan fingerprint density at radius 3 is 3.06 bits per heavy atom. The van der Waals surface area contributed by atoms with Gasteiger partial charge in [-0.05, 0) is 17.5 Å². The largest absolute Gasteiger partial charge is 0.354 e. The number of hydrogen-bond donors (Lipinski definition) is 0. The number of carbonyl (C=O) groups excluding carboxylic acids is 1. The minimum atomic E-state index is -0.113. The molecule has 3 heterocycles. The molecule has 0 N–H and O–H groups in total. The summed E-state index contributed by atoms with van der Waals surface area (Å²) in [6.07, 6.45) is 1.73. The van der Waals surface area contributed by atoms with E-state index in [2.05, 4.69) is 10.1 Å². The third kappa shape index (κ3) is 1.64. The van der Waals surface area contributed by atoms with E-state index in [-0.39, 0.29) is 5.78 Å². The van der Waals surface area contributed by atoms with Crippen molar-refractivity contribution in [2.24, 2.45) is 0 Å². The molecule has 0 aliphatic heterocycles. The first-order valence-electron chi connectivity index (χ1n) is 5.06. The summed E-state index contributed by atoms with van der Waals surface area (Å²) in [6, 6.07) is 5.56. The van der Waals surface area contributed by atoms with Crippen LogP contribution in [0.15, 0.2) is 34.3 Å². The lowest BCUT2D eigenvalue weighted by atomic mass is 10.2. The van der Waals surface area contributed by atoms with Crippen LogP contribution in [0.4, 0.5) is 0 Å². The second-order valence-corrected chi connectivity index (χ2v) is 4.57. The van der Waals surface area contributed by atoms with Gasteiger partial charge in [0.1, 0.15) is 11.4 Å². The molecule has 0 radical (unpaired) electrons. The fourth-order valence-electron chi connectivity index (χ4n) is 1.64. The minimum absolute atomic E-state index is 0.113. The molecular weight excluding hydrogens is 236 g/mol. The summed E-state index contributed by atoms with van der Waals surface area (Å²) in [5, 5.41) is 6.74. The van der Waals surface area contributed by atoms with Gasteiger partial charge in [-0.1, -0.05) is 5.16 Å². The van der Waals surface area contributed by atoms with Gasteiger partial charge in [0, 0.05) is 29.3 Å². The number of Topliss-reactive ketones (excluding diaryl/α,β-unsaturated/α-hetero) is 1. The van der Waals surface area contributed by atoms with Crippen molar-refractivity contribution in [2.45, 2.75) is 6.92 Å². The number of rotatable bonds is 2. The summed E-state index contributed by atoms with van der Waals surface area (Å²) in [6.45, 7) is 1.46. The summed E-state index contributed by atoms with van der Waals surface area (Å²) < 4.78 is 6.30. The predicted octanol–water partition coefficient (Wildman–Crippen LogP) is 3.15. The molecule has 0 aliphatic rings. The molecule has 0 aliphatic carbocycles. The summed E-state index contributed by atoms with van der Waals surface area (Å²) in [4.78, 5) is 15.4. The van der Waals surface area contributed by atoms with Crippen LogP contribution < -0.4 is 0 Å². The highest BCUT2D eigenvalue weighted by Crippen LogP contribution is 2.29. The summed E-state index contributed by atoms with van der Waals surface area (Å²) in [5.74, 6) is 0.414. The number of thiophene rings is 1. The second-order valence-electron chi connectivity index (χ2n) is 3.62. The van der Waals surface area contributed by atoms with Crippen LogP contribution in [0.2, 0.25) is 0 Å². The third-order valence-electron chi connectivity index (χ3n) is 2.48. The van der Waals surface area contributed by atoms with Gasteiger partial charge in [0.05, 0.1) is 0 Å². The zero-order valence-electron chi connectivity index (χ0n) is 9.01. The van der Waals surface area contributed by atoms with Crippen molar-refractivity contribution in [3.8, 4) is 11.5 Å². The zero-order valence-corrected chi connectivity index (χ0v) is 9.82. The van der Waals surface area contributed by atoms with Crippen molar-refractivity contribution in [2.75, 3.05) is 0 Å². The van der Waals surface area contributed by atoms with E-state index in [0.717, 1.165) is 15.8 Å². The highest BCUT2D eigenvalue weighted by molar-refractivity contribution is 7.17.